The van der Waals surface area contributed by atoms with Crippen LogP contribution in [0.2, 0.25) is 15.1 Å². The lowest BCUT2D eigenvalue weighted by Gasteiger charge is -2.19. The number of rotatable bonds is 7. The van der Waals surface area contributed by atoms with Crippen LogP contribution in [0, 0.1) is 0 Å². The molecule has 0 bridgehead atoms. The first-order valence-corrected chi connectivity index (χ1v) is 11.8. The molecule has 5 nitrogen and oxygen atoms in total. The van der Waals surface area contributed by atoms with Crippen molar-refractivity contribution >= 4 is 58.5 Å². The monoisotopic (exact) mass is 618 g/mol. The van der Waals surface area contributed by atoms with Crippen molar-refractivity contribution in [2.45, 2.75) is 24.3 Å². The van der Waals surface area contributed by atoms with E-state index in [1.54, 1.807) is 0 Å². The Labute approximate surface area is 231 Å². The van der Waals surface area contributed by atoms with Crippen molar-refractivity contribution in [3.63, 3.8) is 0 Å². The number of amides is 2. The Morgan fingerprint density at radius 1 is 1.13 bits per heavy atom. The molecule has 3 rings (SSSR count). The van der Waals surface area contributed by atoms with E-state index >= 15 is 4.39 Å². The van der Waals surface area contributed by atoms with E-state index in [1.807, 2.05) is 0 Å². The molecule has 2 atom stereocenters. The summed E-state index contributed by atoms with van der Waals surface area (Å²) in [5.41, 5.74) is -1.03. The maximum Gasteiger partial charge on any atom is 0.408 e. The van der Waals surface area contributed by atoms with Crippen LogP contribution in [0.1, 0.15) is 33.0 Å². The molecule has 1 N–H and O–H groups in total. The summed E-state index contributed by atoms with van der Waals surface area (Å²) in [5, 5.41) is 1.58. The van der Waals surface area contributed by atoms with Crippen molar-refractivity contribution in [1.29, 1.82) is 0 Å². The molecule has 0 aliphatic carbocycles. The highest BCUT2D eigenvalue weighted by molar-refractivity contribution is 6.48. The fourth-order valence-electron chi connectivity index (χ4n) is 3.56. The van der Waals surface area contributed by atoms with Gasteiger partial charge < -0.3 is 5.32 Å². The second-order valence-electron chi connectivity index (χ2n) is 8.15. The van der Waals surface area contributed by atoms with Crippen molar-refractivity contribution < 1.29 is 45.2 Å². The third kappa shape index (κ3) is 7.44. The smallest absolute Gasteiger partial charge is 0.338 e. The fraction of sp³-hybridized carbons (Fsp3) is 0.250. The fourth-order valence-corrected chi connectivity index (χ4v) is 4.18. The van der Waals surface area contributed by atoms with Gasteiger partial charge in [-0.2, -0.15) is 26.3 Å². The summed E-state index contributed by atoms with van der Waals surface area (Å²) in [4.78, 5) is 29.5. The lowest BCUT2D eigenvalue weighted by Crippen LogP contribution is -2.44. The molecule has 1 fully saturated rings. The second kappa shape index (κ2) is 11.7. The van der Waals surface area contributed by atoms with Gasteiger partial charge in [-0.25, -0.2) is 9.45 Å². The average molecular weight is 620 g/mol. The number of nitrogens with zero attached hydrogens (tertiary/aromatic N) is 1. The molecule has 2 aromatic carbocycles. The Kier molecular flexibility index (Phi) is 9.26. The Balaban J connectivity index is 1.86. The van der Waals surface area contributed by atoms with E-state index in [2.05, 4.69) is 16.7 Å². The first-order valence-electron chi connectivity index (χ1n) is 10.7. The highest BCUT2D eigenvalue weighted by atomic mass is 35.5. The first-order chi connectivity index (χ1) is 18.0. The highest BCUT2D eigenvalue weighted by Crippen LogP contribution is 2.42. The topological polar surface area (TPSA) is 58.6 Å². The summed E-state index contributed by atoms with van der Waals surface area (Å²) >= 11 is 17.4. The van der Waals surface area contributed by atoms with Gasteiger partial charge >= 0.3 is 12.4 Å². The molecule has 0 aromatic heterocycles. The van der Waals surface area contributed by atoms with Crippen LogP contribution < -0.4 is 5.32 Å². The van der Waals surface area contributed by atoms with E-state index in [9.17, 15) is 35.9 Å². The number of carbonyl (C=O) groups is 2. The minimum absolute atomic E-state index is 0.0341. The number of hydroxylamine groups is 2. The quantitative estimate of drug-likeness (QED) is 0.260. The number of alkyl halides is 6. The molecule has 1 aliphatic heterocycles. The standard InChI is InChI=1S/C24H16Cl3F7N2O3/c1-2-11-5-12(18(28)8-15(24(32,33)34)13-6-16(25)20(27)17(26)7-13)3-4-14(11)21(37)35-19-9-39-36(22(19)38)10-23(29,30)31/h2-8,15,19H,1,9-10H2,(H,35,37)/b18-8-/t15?,19-/m1/s1. The van der Waals surface area contributed by atoms with Crippen molar-refractivity contribution in [2.24, 2.45) is 0 Å². The van der Waals surface area contributed by atoms with Crippen LogP contribution in [-0.2, 0) is 9.63 Å². The summed E-state index contributed by atoms with van der Waals surface area (Å²) in [6.07, 6.45) is -8.28. The summed E-state index contributed by atoms with van der Waals surface area (Å²) in [6, 6.07) is 3.48. The number of halogens is 10. The maximum absolute atomic E-state index is 15.1. The first kappa shape index (κ1) is 30.7. The minimum Gasteiger partial charge on any atom is -0.338 e. The molecule has 1 saturated heterocycles. The molecule has 1 unspecified atom stereocenters. The SMILES string of the molecule is C=Cc1cc(/C(F)=C/C(c2cc(Cl)c(Cl)c(Cl)c2)C(F)(F)F)ccc1C(=O)N[C@@H]1CON(CC(F)(F)F)C1=O. The number of allylic oxidation sites excluding steroid dienone is 1. The zero-order valence-electron chi connectivity index (χ0n) is 19.3. The summed E-state index contributed by atoms with van der Waals surface area (Å²) < 4.78 is 94.1. The Morgan fingerprint density at radius 3 is 2.28 bits per heavy atom. The molecular formula is C24H16Cl3F7N2O3. The Morgan fingerprint density at radius 2 is 1.74 bits per heavy atom. The van der Waals surface area contributed by atoms with Crippen LogP contribution in [0.5, 0.6) is 0 Å². The van der Waals surface area contributed by atoms with Crippen LogP contribution in [0.3, 0.4) is 0 Å². The molecule has 15 heteroatoms. The molecule has 0 saturated carbocycles. The Bertz CT molecular complexity index is 1310. The zero-order chi connectivity index (χ0) is 29.3. The van der Waals surface area contributed by atoms with Gasteiger partial charge in [0.25, 0.3) is 11.8 Å². The number of benzene rings is 2. The molecule has 2 aromatic rings. The lowest BCUT2D eigenvalue weighted by atomic mass is 9.95. The Hall–Kier alpha value is -2.80. The van der Waals surface area contributed by atoms with Gasteiger partial charge in [0.2, 0.25) is 0 Å². The number of hydrogen-bond donors (Lipinski definition) is 1. The van der Waals surface area contributed by atoms with Gasteiger partial charge in [-0.05, 0) is 41.5 Å². The van der Waals surface area contributed by atoms with Gasteiger partial charge in [-0.1, -0.05) is 53.5 Å². The van der Waals surface area contributed by atoms with Gasteiger partial charge in [-0.3, -0.25) is 14.4 Å². The van der Waals surface area contributed by atoms with Gasteiger partial charge in [0.15, 0.2) is 0 Å². The average Bonchev–Trinajstić information content (AvgIpc) is 3.16. The number of nitrogens with one attached hydrogen (secondary N) is 1. The van der Waals surface area contributed by atoms with E-state index in [4.69, 9.17) is 34.8 Å². The molecule has 0 radical (unpaired) electrons. The third-order valence-electron chi connectivity index (χ3n) is 5.39. The van der Waals surface area contributed by atoms with Crippen LogP contribution in [0.4, 0.5) is 30.7 Å². The molecule has 39 heavy (non-hydrogen) atoms. The van der Waals surface area contributed by atoms with Crippen LogP contribution in [-0.4, -0.2) is 48.4 Å². The number of hydrogen-bond acceptors (Lipinski definition) is 3. The minimum atomic E-state index is -4.95. The zero-order valence-corrected chi connectivity index (χ0v) is 21.5. The van der Waals surface area contributed by atoms with Gasteiger partial charge in [0.1, 0.15) is 30.9 Å². The van der Waals surface area contributed by atoms with E-state index in [-0.39, 0.29) is 36.8 Å². The molecule has 0 spiro atoms. The van der Waals surface area contributed by atoms with Crippen LogP contribution in [0.25, 0.3) is 11.9 Å². The van der Waals surface area contributed by atoms with Gasteiger partial charge in [0.05, 0.1) is 15.1 Å². The largest absolute Gasteiger partial charge is 0.408 e. The maximum atomic E-state index is 15.1. The summed E-state index contributed by atoms with van der Waals surface area (Å²) in [6.45, 7) is 1.25. The van der Waals surface area contributed by atoms with E-state index in [0.29, 0.717) is 6.08 Å². The van der Waals surface area contributed by atoms with E-state index in [1.165, 1.54) is 0 Å². The van der Waals surface area contributed by atoms with Gasteiger partial charge in [0, 0.05) is 11.1 Å². The van der Waals surface area contributed by atoms with Crippen molar-refractivity contribution in [2.75, 3.05) is 13.2 Å². The molecular weight excluding hydrogens is 604 g/mol. The molecule has 210 valence electrons. The van der Waals surface area contributed by atoms with Crippen LogP contribution in [0.15, 0.2) is 43.0 Å². The molecule has 1 heterocycles. The predicted molar refractivity (Wildman–Crippen MR) is 131 cm³/mol. The molecule has 2 amide bonds. The van der Waals surface area contributed by atoms with Crippen molar-refractivity contribution in [3.8, 4) is 0 Å². The van der Waals surface area contributed by atoms with Gasteiger partial charge in [-0.15, -0.1) is 0 Å². The number of carbonyl (C=O) groups excluding carboxylic acids is 2. The summed E-state index contributed by atoms with van der Waals surface area (Å²) in [7, 11) is 0. The second-order valence-corrected chi connectivity index (χ2v) is 9.34. The normalized spacial score (nSPS) is 17.4. The lowest BCUT2D eigenvalue weighted by molar-refractivity contribution is -0.214. The van der Waals surface area contributed by atoms with Crippen LogP contribution >= 0.6 is 34.8 Å². The highest BCUT2D eigenvalue weighted by Gasteiger charge is 2.42. The third-order valence-corrected chi connectivity index (χ3v) is 6.59. The van der Waals surface area contributed by atoms with E-state index in [0.717, 1.165) is 36.4 Å². The predicted octanol–water partition coefficient (Wildman–Crippen LogP) is 7.38. The van der Waals surface area contributed by atoms with E-state index < -0.39 is 60.7 Å². The van der Waals surface area contributed by atoms with Crippen molar-refractivity contribution in [3.05, 3.63) is 80.3 Å². The summed E-state index contributed by atoms with van der Waals surface area (Å²) in [5.74, 6) is -5.84. The molecule has 1 aliphatic rings. The van der Waals surface area contributed by atoms with Crippen molar-refractivity contribution in [1.82, 2.24) is 10.4 Å².